The number of H-pyrrole nitrogens is 1. The second-order valence-electron chi connectivity index (χ2n) is 8.26. The number of anilines is 1. The van der Waals surface area contributed by atoms with Crippen LogP contribution in [0.1, 0.15) is 35.1 Å². The largest absolute Gasteiger partial charge is 0.363 e. The van der Waals surface area contributed by atoms with Gasteiger partial charge in [-0.15, -0.1) is 0 Å². The molecule has 2 heterocycles. The van der Waals surface area contributed by atoms with Crippen LogP contribution in [-0.2, 0) is 17.6 Å². The molecule has 1 atom stereocenters. The van der Waals surface area contributed by atoms with E-state index in [2.05, 4.69) is 32.4 Å². The summed E-state index contributed by atoms with van der Waals surface area (Å²) in [5, 5.41) is 4.40. The quantitative estimate of drug-likeness (QED) is 0.438. The van der Waals surface area contributed by atoms with Crippen LogP contribution >= 0.6 is 0 Å². The van der Waals surface area contributed by atoms with Crippen LogP contribution in [0.3, 0.4) is 0 Å². The van der Waals surface area contributed by atoms with E-state index >= 15 is 0 Å². The fourth-order valence-corrected chi connectivity index (χ4v) is 3.90. The van der Waals surface area contributed by atoms with Crippen molar-refractivity contribution < 1.29 is 4.79 Å². The van der Waals surface area contributed by atoms with Gasteiger partial charge in [-0.25, -0.2) is 9.97 Å². The first-order valence-electron chi connectivity index (χ1n) is 10.9. The molecule has 0 fully saturated rings. The molecule has 4 aromatic rings. The lowest BCUT2D eigenvalue weighted by Crippen LogP contribution is -2.31. The molecule has 6 heteroatoms. The number of rotatable bonds is 8. The second kappa shape index (κ2) is 9.64. The zero-order valence-corrected chi connectivity index (χ0v) is 18.8. The monoisotopic (exact) mass is 427 g/mol. The van der Waals surface area contributed by atoms with Crippen molar-refractivity contribution in [2.75, 3.05) is 19.0 Å². The maximum atomic E-state index is 12.9. The van der Waals surface area contributed by atoms with E-state index < -0.39 is 0 Å². The number of aryl methyl sites for hydroxylation is 2. The number of benzene rings is 2. The van der Waals surface area contributed by atoms with Crippen molar-refractivity contribution in [3.05, 3.63) is 89.5 Å². The minimum absolute atomic E-state index is 0.0152. The van der Waals surface area contributed by atoms with Crippen LogP contribution in [0, 0.1) is 6.92 Å². The molecule has 0 bridgehead atoms. The normalized spacial score (nSPS) is 12.0. The highest BCUT2D eigenvalue weighted by Crippen LogP contribution is 2.25. The predicted octanol–water partition coefficient (Wildman–Crippen LogP) is 4.37. The third kappa shape index (κ3) is 5.14. The van der Waals surface area contributed by atoms with E-state index in [1.165, 1.54) is 0 Å². The average Bonchev–Trinajstić information content (AvgIpc) is 3.20. The minimum Gasteiger partial charge on any atom is -0.363 e. The Morgan fingerprint density at radius 3 is 2.59 bits per heavy atom. The first-order valence-corrected chi connectivity index (χ1v) is 10.9. The summed E-state index contributed by atoms with van der Waals surface area (Å²) in [7, 11) is 3.91. The molecule has 0 radical (unpaired) electrons. The van der Waals surface area contributed by atoms with Crippen LogP contribution in [0.5, 0.6) is 0 Å². The lowest BCUT2D eigenvalue weighted by atomic mass is 10.0. The van der Waals surface area contributed by atoms with Gasteiger partial charge in [-0.05, 0) is 30.5 Å². The number of amides is 1. The number of hydrogen-bond donors (Lipinski definition) is 2. The summed E-state index contributed by atoms with van der Waals surface area (Å²) in [6, 6.07) is 20.0. The van der Waals surface area contributed by atoms with Gasteiger partial charge in [0, 0.05) is 50.1 Å². The van der Waals surface area contributed by atoms with E-state index in [0.717, 1.165) is 33.5 Å². The molecule has 0 aliphatic carbocycles. The van der Waals surface area contributed by atoms with Crippen LogP contribution in [0.4, 0.5) is 5.82 Å². The van der Waals surface area contributed by atoms with Gasteiger partial charge in [0.1, 0.15) is 11.6 Å². The number of para-hydroxylation sites is 1. The highest BCUT2D eigenvalue weighted by molar-refractivity contribution is 5.83. The Labute approximate surface area is 188 Å². The lowest BCUT2D eigenvalue weighted by Gasteiger charge is -2.21. The number of aromatic amines is 1. The molecular weight excluding hydrogens is 398 g/mol. The molecule has 2 aromatic heterocycles. The molecule has 0 unspecified atom stereocenters. The highest BCUT2D eigenvalue weighted by Gasteiger charge is 2.20. The Bertz CT molecular complexity index is 1200. The van der Waals surface area contributed by atoms with Gasteiger partial charge in [-0.3, -0.25) is 4.79 Å². The Hall–Kier alpha value is -3.67. The fourth-order valence-electron chi connectivity index (χ4n) is 3.90. The van der Waals surface area contributed by atoms with E-state index in [-0.39, 0.29) is 11.9 Å². The standard InChI is InChI=1S/C26H29N5O/c1-18-28-24(16-25(29-18)31(2)3)23(15-20-17-27-22-12-8-7-11-21(20)22)30-26(32)14-13-19-9-5-4-6-10-19/h4-12,16-17,23,27H,13-15H2,1-3H3,(H,30,32)/t23-/m1/s1. The van der Waals surface area contributed by atoms with E-state index in [1.54, 1.807) is 0 Å². The molecular formula is C26H29N5O. The van der Waals surface area contributed by atoms with Crippen molar-refractivity contribution in [3.63, 3.8) is 0 Å². The molecule has 2 N–H and O–H groups in total. The number of aromatic nitrogens is 3. The zero-order chi connectivity index (χ0) is 22.5. The third-order valence-electron chi connectivity index (χ3n) is 5.58. The van der Waals surface area contributed by atoms with E-state index in [1.807, 2.05) is 80.6 Å². The van der Waals surface area contributed by atoms with Crippen LogP contribution in [0.2, 0.25) is 0 Å². The smallest absolute Gasteiger partial charge is 0.220 e. The lowest BCUT2D eigenvalue weighted by molar-refractivity contribution is -0.121. The Kier molecular flexibility index (Phi) is 6.50. The van der Waals surface area contributed by atoms with Crippen molar-refractivity contribution >= 4 is 22.6 Å². The summed E-state index contributed by atoms with van der Waals surface area (Å²) < 4.78 is 0. The molecule has 0 saturated heterocycles. The van der Waals surface area contributed by atoms with E-state index in [9.17, 15) is 4.79 Å². The molecule has 0 aliphatic heterocycles. The molecule has 0 spiro atoms. The van der Waals surface area contributed by atoms with Gasteiger partial charge < -0.3 is 15.2 Å². The number of nitrogens with zero attached hydrogens (tertiary/aromatic N) is 3. The minimum atomic E-state index is -0.252. The molecule has 0 saturated carbocycles. The van der Waals surface area contributed by atoms with Crippen molar-refractivity contribution in [1.82, 2.24) is 20.3 Å². The second-order valence-corrected chi connectivity index (χ2v) is 8.26. The Balaban J connectivity index is 1.59. The average molecular weight is 428 g/mol. The summed E-state index contributed by atoms with van der Waals surface area (Å²) in [4.78, 5) is 27.4. The number of hydrogen-bond acceptors (Lipinski definition) is 4. The summed E-state index contributed by atoms with van der Waals surface area (Å²) in [6.45, 7) is 1.89. The SMILES string of the molecule is Cc1nc([C@@H](Cc2c[nH]c3ccccc23)NC(=O)CCc2ccccc2)cc(N(C)C)n1. The summed E-state index contributed by atoms with van der Waals surface area (Å²) in [6.07, 6.45) is 3.80. The van der Waals surface area contributed by atoms with Crippen LogP contribution < -0.4 is 10.2 Å². The van der Waals surface area contributed by atoms with E-state index in [4.69, 9.17) is 0 Å². The van der Waals surface area contributed by atoms with Gasteiger partial charge in [-0.2, -0.15) is 0 Å². The number of carbonyl (C=O) groups is 1. The number of carbonyl (C=O) groups excluding carboxylic acids is 1. The molecule has 1 amide bonds. The van der Waals surface area contributed by atoms with Crippen LogP contribution in [0.25, 0.3) is 10.9 Å². The Morgan fingerprint density at radius 2 is 1.81 bits per heavy atom. The van der Waals surface area contributed by atoms with Crippen molar-refractivity contribution in [2.24, 2.45) is 0 Å². The predicted molar refractivity (Wildman–Crippen MR) is 129 cm³/mol. The van der Waals surface area contributed by atoms with Crippen molar-refractivity contribution in [1.29, 1.82) is 0 Å². The maximum absolute atomic E-state index is 12.9. The van der Waals surface area contributed by atoms with Gasteiger partial charge in [0.25, 0.3) is 0 Å². The molecule has 0 aliphatic rings. The molecule has 4 rings (SSSR count). The molecule has 32 heavy (non-hydrogen) atoms. The number of nitrogens with one attached hydrogen (secondary N) is 2. The van der Waals surface area contributed by atoms with Gasteiger partial charge in [0.2, 0.25) is 5.91 Å². The van der Waals surface area contributed by atoms with Gasteiger partial charge in [0.15, 0.2) is 0 Å². The van der Waals surface area contributed by atoms with Crippen LogP contribution in [-0.4, -0.2) is 35.0 Å². The topological polar surface area (TPSA) is 73.9 Å². The number of fused-ring (bicyclic) bond motifs is 1. The van der Waals surface area contributed by atoms with Crippen molar-refractivity contribution in [3.8, 4) is 0 Å². The summed E-state index contributed by atoms with van der Waals surface area (Å²) in [5.41, 5.74) is 4.21. The molecule has 2 aromatic carbocycles. The van der Waals surface area contributed by atoms with E-state index in [0.29, 0.717) is 25.1 Å². The summed E-state index contributed by atoms with van der Waals surface area (Å²) >= 11 is 0. The summed E-state index contributed by atoms with van der Waals surface area (Å²) in [5.74, 6) is 1.53. The fraction of sp³-hybridized carbons (Fsp3) is 0.269. The van der Waals surface area contributed by atoms with Crippen molar-refractivity contribution in [2.45, 2.75) is 32.2 Å². The first-order chi connectivity index (χ1) is 15.5. The Morgan fingerprint density at radius 1 is 1.06 bits per heavy atom. The highest BCUT2D eigenvalue weighted by atomic mass is 16.1. The third-order valence-corrected chi connectivity index (χ3v) is 5.58. The zero-order valence-electron chi connectivity index (χ0n) is 18.8. The van der Waals surface area contributed by atoms with Gasteiger partial charge in [-0.1, -0.05) is 48.5 Å². The van der Waals surface area contributed by atoms with Gasteiger partial charge in [0.05, 0.1) is 11.7 Å². The van der Waals surface area contributed by atoms with Crippen LogP contribution in [0.15, 0.2) is 66.9 Å². The van der Waals surface area contributed by atoms with Gasteiger partial charge >= 0.3 is 0 Å². The molecule has 6 nitrogen and oxygen atoms in total. The first kappa shape index (κ1) is 21.6. The molecule has 164 valence electrons. The maximum Gasteiger partial charge on any atom is 0.220 e.